The van der Waals surface area contributed by atoms with E-state index >= 15 is 0 Å². The normalized spacial score (nSPS) is 23.0. The van der Waals surface area contributed by atoms with Gasteiger partial charge >= 0.3 is 0 Å². The highest BCUT2D eigenvalue weighted by molar-refractivity contribution is 6.31. The van der Waals surface area contributed by atoms with Crippen LogP contribution in [0.4, 0.5) is 0 Å². The Labute approximate surface area is 210 Å². The molecule has 2 aromatic rings. The second kappa shape index (κ2) is 9.77. The van der Waals surface area contributed by atoms with Crippen molar-refractivity contribution in [2.75, 3.05) is 19.6 Å². The lowest BCUT2D eigenvalue weighted by Gasteiger charge is -2.40. The molecule has 2 fully saturated rings. The summed E-state index contributed by atoms with van der Waals surface area (Å²) in [5.74, 6) is 1.51. The predicted octanol–water partition coefficient (Wildman–Crippen LogP) is 6.71. The molecule has 5 rings (SSSR count). The van der Waals surface area contributed by atoms with Crippen molar-refractivity contribution in [2.24, 2.45) is 11.8 Å². The van der Waals surface area contributed by atoms with Crippen LogP contribution < -0.4 is 5.32 Å². The summed E-state index contributed by atoms with van der Waals surface area (Å²) in [4.78, 5) is 7.57. The number of hydrogen-bond donors (Lipinski definition) is 1. The van der Waals surface area contributed by atoms with Crippen molar-refractivity contribution >= 4 is 11.6 Å². The molecule has 2 unspecified atom stereocenters. The lowest BCUT2D eigenvalue weighted by Crippen LogP contribution is -2.37. The van der Waals surface area contributed by atoms with Gasteiger partial charge in [0.05, 0.1) is 5.69 Å². The minimum absolute atomic E-state index is 0.283. The molecular weight excluding hydrogens is 438 g/mol. The van der Waals surface area contributed by atoms with Crippen LogP contribution in [0.1, 0.15) is 71.5 Å². The van der Waals surface area contributed by atoms with Gasteiger partial charge in [-0.3, -0.25) is 4.98 Å². The van der Waals surface area contributed by atoms with Crippen LogP contribution in [0.25, 0.3) is 0 Å². The minimum atomic E-state index is 0.283. The third-order valence-electron chi connectivity index (χ3n) is 8.24. The Balaban J connectivity index is 1.36. The summed E-state index contributed by atoms with van der Waals surface area (Å²) in [6, 6.07) is 6.86. The third kappa shape index (κ3) is 4.77. The Morgan fingerprint density at radius 2 is 1.79 bits per heavy atom. The van der Waals surface area contributed by atoms with Gasteiger partial charge in [-0.2, -0.15) is 0 Å². The molecule has 2 atom stereocenters. The highest BCUT2D eigenvalue weighted by Crippen LogP contribution is 2.45. The molecule has 0 radical (unpaired) electrons. The average Bonchev–Trinajstić information content (AvgIpc) is 2.97. The molecule has 34 heavy (non-hydrogen) atoms. The highest BCUT2D eigenvalue weighted by atomic mass is 35.5. The smallest absolute Gasteiger partial charge is 0.0514 e. The maximum atomic E-state index is 6.97. The number of pyridine rings is 1. The number of likely N-dealkylation sites (tertiary alicyclic amines) is 1. The van der Waals surface area contributed by atoms with Gasteiger partial charge in [0.1, 0.15) is 0 Å². The van der Waals surface area contributed by atoms with Gasteiger partial charge in [-0.05, 0) is 105 Å². The van der Waals surface area contributed by atoms with Gasteiger partial charge in [0.15, 0.2) is 0 Å². The number of aromatic nitrogens is 1. The van der Waals surface area contributed by atoms with Gasteiger partial charge in [0.25, 0.3) is 0 Å². The Kier molecular flexibility index (Phi) is 6.75. The van der Waals surface area contributed by atoms with E-state index in [-0.39, 0.29) is 5.92 Å². The summed E-state index contributed by atoms with van der Waals surface area (Å²) in [5.41, 5.74) is 10.4. The van der Waals surface area contributed by atoms with Crippen LogP contribution in [0.3, 0.4) is 0 Å². The first kappa shape index (κ1) is 23.5. The molecule has 0 spiro atoms. The van der Waals surface area contributed by atoms with E-state index in [4.69, 9.17) is 16.6 Å². The molecule has 0 bridgehead atoms. The zero-order valence-corrected chi connectivity index (χ0v) is 21.6. The Hall–Kier alpha value is -2.26. The molecule has 2 aliphatic heterocycles. The Morgan fingerprint density at radius 3 is 2.53 bits per heavy atom. The Morgan fingerprint density at radius 1 is 1.06 bits per heavy atom. The quantitative estimate of drug-likeness (QED) is 0.532. The van der Waals surface area contributed by atoms with Crippen LogP contribution in [0, 0.1) is 25.7 Å². The number of rotatable bonds is 4. The molecule has 1 aliphatic carbocycles. The first-order valence-corrected chi connectivity index (χ1v) is 13.4. The molecule has 2 saturated heterocycles. The molecule has 0 amide bonds. The fourth-order valence-electron chi connectivity index (χ4n) is 6.41. The summed E-state index contributed by atoms with van der Waals surface area (Å²) in [6.07, 6.45) is 9.85. The Bertz CT molecular complexity index is 1090. The van der Waals surface area contributed by atoms with Crippen LogP contribution in [0.2, 0.25) is 5.02 Å². The van der Waals surface area contributed by atoms with Crippen molar-refractivity contribution in [3.8, 4) is 0 Å². The number of benzene rings is 1. The molecule has 180 valence electrons. The number of halogens is 1. The van der Waals surface area contributed by atoms with Crippen molar-refractivity contribution in [3.63, 3.8) is 0 Å². The molecule has 3 heterocycles. The molecule has 0 saturated carbocycles. The van der Waals surface area contributed by atoms with E-state index in [0.29, 0.717) is 11.8 Å². The first-order chi connectivity index (χ1) is 16.4. The van der Waals surface area contributed by atoms with Crippen LogP contribution in [0.5, 0.6) is 0 Å². The number of allylic oxidation sites excluding steroid dienone is 2. The zero-order valence-electron chi connectivity index (χ0n) is 20.8. The fourth-order valence-corrected chi connectivity index (χ4v) is 6.82. The van der Waals surface area contributed by atoms with Crippen molar-refractivity contribution < 1.29 is 0 Å². The van der Waals surface area contributed by atoms with E-state index < -0.39 is 0 Å². The second-order valence-corrected chi connectivity index (χ2v) is 11.2. The highest BCUT2D eigenvalue weighted by Gasteiger charge is 2.36. The summed E-state index contributed by atoms with van der Waals surface area (Å²) in [7, 11) is 0. The van der Waals surface area contributed by atoms with E-state index in [1.54, 1.807) is 0 Å². The lowest BCUT2D eigenvalue weighted by atomic mass is 9.76. The average molecular weight is 476 g/mol. The van der Waals surface area contributed by atoms with Gasteiger partial charge in [0.2, 0.25) is 0 Å². The summed E-state index contributed by atoms with van der Waals surface area (Å²) < 4.78 is 0. The largest absolute Gasteiger partial charge is 0.389 e. The maximum Gasteiger partial charge on any atom is 0.0514 e. The number of aryl methyl sites for hydroxylation is 4. The van der Waals surface area contributed by atoms with Crippen molar-refractivity contribution in [1.82, 2.24) is 15.2 Å². The van der Waals surface area contributed by atoms with E-state index in [9.17, 15) is 0 Å². The second-order valence-electron chi connectivity index (χ2n) is 10.8. The van der Waals surface area contributed by atoms with Gasteiger partial charge in [-0.1, -0.05) is 36.9 Å². The van der Waals surface area contributed by atoms with Crippen molar-refractivity contribution in [3.05, 3.63) is 87.5 Å². The molecular formula is C30H38ClN3. The SMILES string of the molecule is C=C1CCC(CC(=C)N2CCC(C3c4ncc(C)cc4CCc4cc(C)cc(Cl)c43)CC2)CN1. The predicted molar refractivity (Wildman–Crippen MR) is 142 cm³/mol. The lowest BCUT2D eigenvalue weighted by molar-refractivity contribution is 0.201. The number of nitrogens with one attached hydrogen (secondary N) is 1. The van der Waals surface area contributed by atoms with Crippen molar-refractivity contribution in [1.29, 1.82) is 0 Å². The number of piperidine rings is 2. The molecule has 1 aromatic heterocycles. The van der Waals surface area contributed by atoms with E-state index in [1.807, 2.05) is 6.20 Å². The van der Waals surface area contributed by atoms with Crippen LogP contribution >= 0.6 is 11.6 Å². The number of nitrogens with zero attached hydrogens (tertiary/aromatic N) is 2. The molecule has 3 nitrogen and oxygen atoms in total. The summed E-state index contributed by atoms with van der Waals surface area (Å²) in [5, 5.41) is 4.38. The van der Waals surface area contributed by atoms with Gasteiger partial charge in [-0.25, -0.2) is 0 Å². The molecule has 4 heteroatoms. The van der Waals surface area contributed by atoms with Crippen LogP contribution in [-0.2, 0) is 12.8 Å². The van der Waals surface area contributed by atoms with Crippen LogP contribution in [-0.4, -0.2) is 29.5 Å². The number of fused-ring (bicyclic) bond motifs is 2. The summed E-state index contributed by atoms with van der Waals surface area (Å²) in [6.45, 7) is 16.1. The maximum absolute atomic E-state index is 6.97. The van der Waals surface area contributed by atoms with E-state index in [0.717, 1.165) is 63.2 Å². The number of hydrogen-bond acceptors (Lipinski definition) is 3. The minimum Gasteiger partial charge on any atom is -0.389 e. The van der Waals surface area contributed by atoms with Gasteiger partial charge in [-0.15, -0.1) is 0 Å². The third-order valence-corrected chi connectivity index (χ3v) is 8.56. The first-order valence-electron chi connectivity index (χ1n) is 13.0. The van der Waals surface area contributed by atoms with E-state index in [1.165, 1.54) is 51.3 Å². The fraction of sp³-hybridized carbons (Fsp3) is 0.500. The zero-order chi connectivity index (χ0) is 23.8. The van der Waals surface area contributed by atoms with E-state index in [2.05, 4.69) is 55.4 Å². The van der Waals surface area contributed by atoms with Crippen molar-refractivity contribution in [2.45, 2.75) is 64.7 Å². The molecule has 1 N–H and O–H groups in total. The standard InChI is InChI=1S/C30H38ClN3/c1-19-13-25-7-8-26-14-20(2)17-33-30(26)29(28(25)27(31)15-19)24-9-11-34(12-10-24)22(4)16-23-6-5-21(3)32-18-23/h13-15,17,23-24,29,32H,3-12,16,18H2,1-2H3. The van der Waals surface area contributed by atoms with Crippen LogP contribution in [0.15, 0.2) is 48.9 Å². The topological polar surface area (TPSA) is 28.2 Å². The van der Waals surface area contributed by atoms with Gasteiger partial charge < -0.3 is 10.2 Å². The monoisotopic (exact) mass is 475 g/mol. The molecule has 1 aromatic carbocycles. The van der Waals surface area contributed by atoms with Gasteiger partial charge in [0, 0.05) is 48.2 Å². The molecule has 3 aliphatic rings. The summed E-state index contributed by atoms with van der Waals surface area (Å²) >= 11 is 6.97.